The molecule has 3 atom stereocenters. The molecule has 3 fully saturated rings. The Morgan fingerprint density at radius 3 is 2.48 bits per heavy atom. The summed E-state index contributed by atoms with van der Waals surface area (Å²) in [6, 6.07) is 0.148. The minimum absolute atomic E-state index is 0.148. The lowest BCUT2D eigenvalue weighted by Crippen LogP contribution is -2.68. The zero-order chi connectivity index (χ0) is 20.2. The zero-order valence-corrected chi connectivity index (χ0v) is 17.7. The van der Waals surface area contributed by atoms with E-state index in [4.69, 9.17) is 0 Å². The van der Waals surface area contributed by atoms with E-state index in [1.165, 1.54) is 25.3 Å². The highest BCUT2D eigenvalue weighted by Gasteiger charge is 2.60. The highest BCUT2D eigenvalue weighted by Crippen LogP contribution is 2.55. The van der Waals surface area contributed by atoms with Gasteiger partial charge in [0.05, 0.1) is 12.2 Å². The van der Waals surface area contributed by atoms with Gasteiger partial charge in [0.15, 0.2) is 0 Å². The Labute approximate surface area is 164 Å². The molecule has 3 aliphatic rings. The fourth-order valence-electron chi connectivity index (χ4n) is 4.93. The lowest BCUT2D eigenvalue weighted by Gasteiger charge is -2.60. The van der Waals surface area contributed by atoms with Crippen molar-refractivity contribution >= 4 is 11.8 Å². The van der Waals surface area contributed by atoms with Crippen LogP contribution in [0.3, 0.4) is 0 Å². The summed E-state index contributed by atoms with van der Waals surface area (Å²) in [5, 5.41) is 11.6. The molecule has 1 saturated heterocycles. The molecule has 1 aliphatic heterocycles. The maximum absolute atomic E-state index is 12.1. The number of hydrogen-bond donors (Lipinski definition) is 1. The number of Topliss-reactive ketones (excluding diaryl/α,β-unsaturated/α-hetero) is 1. The summed E-state index contributed by atoms with van der Waals surface area (Å²) in [6.45, 7) is 12.1. The molecule has 0 aromatic heterocycles. The van der Waals surface area contributed by atoms with Gasteiger partial charge in [-0.25, -0.2) is 0 Å². The number of ether oxygens (including phenoxy) is 1. The second-order valence-corrected chi connectivity index (χ2v) is 8.48. The highest BCUT2D eigenvalue weighted by atomic mass is 16.5. The second-order valence-electron chi connectivity index (χ2n) is 8.48. The average Bonchev–Trinajstić information content (AvgIpc) is 3.43. The smallest absolute Gasteiger partial charge is 0.302 e. The van der Waals surface area contributed by atoms with Gasteiger partial charge in [0.1, 0.15) is 5.78 Å². The van der Waals surface area contributed by atoms with Crippen molar-refractivity contribution < 1.29 is 19.4 Å². The van der Waals surface area contributed by atoms with Gasteiger partial charge in [0, 0.05) is 37.8 Å². The van der Waals surface area contributed by atoms with Crippen molar-refractivity contribution in [3.8, 4) is 0 Å². The standard InChI is InChI=1S/C18H29NO2.C4H8O2/c1-4-13(2)17-9-10-19(12-15-5-6-15)14(3)18(17,21)8-7-16(20)11-17;1-3-6-4(2)5/h4,14-15,21H,5-12H2,1-3H3;3H2,1-2H3/b13-4-;. The summed E-state index contributed by atoms with van der Waals surface area (Å²) < 4.78 is 4.40. The monoisotopic (exact) mass is 379 g/mol. The third kappa shape index (κ3) is 4.62. The number of nitrogens with zero attached hydrogens (tertiary/aromatic N) is 1. The number of likely N-dealkylation sites (tertiary alicyclic amines) is 1. The van der Waals surface area contributed by atoms with Gasteiger partial charge in [-0.3, -0.25) is 14.5 Å². The number of carbonyl (C=O) groups excluding carboxylic acids is 2. The number of rotatable bonds is 4. The van der Waals surface area contributed by atoms with Crippen molar-refractivity contribution in [2.75, 3.05) is 19.7 Å². The van der Waals surface area contributed by atoms with Crippen LogP contribution in [0.25, 0.3) is 0 Å². The molecule has 27 heavy (non-hydrogen) atoms. The van der Waals surface area contributed by atoms with E-state index in [1.807, 2.05) is 6.92 Å². The average molecular weight is 380 g/mol. The Bertz CT molecular complexity index is 583. The Hall–Kier alpha value is -1.20. The van der Waals surface area contributed by atoms with Crippen LogP contribution in [-0.4, -0.2) is 53.1 Å². The first kappa shape index (κ1) is 22.1. The van der Waals surface area contributed by atoms with Crippen molar-refractivity contribution in [2.24, 2.45) is 11.3 Å². The lowest BCUT2D eigenvalue weighted by molar-refractivity contribution is -0.179. The predicted octanol–water partition coefficient (Wildman–Crippen LogP) is 3.50. The van der Waals surface area contributed by atoms with Crippen LogP contribution in [0.4, 0.5) is 0 Å². The zero-order valence-electron chi connectivity index (χ0n) is 17.7. The molecule has 2 saturated carbocycles. The molecule has 0 aromatic rings. The molecule has 5 nitrogen and oxygen atoms in total. The Morgan fingerprint density at radius 2 is 2.00 bits per heavy atom. The van der Waals surface area contributed by atoms with Crippen molar-refractivity contribution in [3.05, 3.63) is 11.6 Å². The minimum Gasteiger partial charge on any atom is -0.466 e. The molecule has 0 radical (unpaired) electrons. The SMILES string of the molecule is C/C=C(/C)C12CCN(CC3CC3)C(C)C1(O)CCC(=O)C2.CCOC(C)=O. The summed E-state index contributed by atoms with van der Waals surface area (Å²) in [6.07, 6.45) is 7.41. The number of ketones is 1. The van der Waals surface area contributed by atoms with Gasteiger partial charge in [-0.2, -0.15) is 0 Å². The topological polar surface area (TPSA) is 66.8 Å². The van der Waals surface area contributed by atoms with E-state index in [1.54, 1.807) is 6.92 Å². The van der Waals surface area contributed by atoms with Crippen LogP contribution >= 0.6 is 0 Å². The molecule has 3 unspecified atom stereocenters. The maximum Gasteiger partial charge on any atom is 0.302 e. The third-order valence-electron chi connectivity index (χ3n) is 6.90. The van der Waals surface area contributed by atoms with Gasteiger partial charge in [0.25, 0.3) is 0 Å². The largest absolute Gasteiger partial charge is 0.466 e. The number of hydrogen-bond acceptors (Lipinski definition) is 5. The molecular weight excluding hydrogens is 342 g/mol. The Kier molecular flexibility index (Phi) is 7.26. The van der Waals surface area contributed by atoms with E-state index in [0.29, 0.717) is 31.7 Å². The third-order valence-corrected chi connectivity index (χ3v) is 6.90. The van der Waals surface area contributed by atoms with Crippen molar-refractivity contribution in [2.45, 2.75) is 84.8 Å². The Morgan fingerprint density at radius 1 is 1.33 bits per heavy atom. The first-order valence-corrected chi connectivity index (χ1v) is 10.4. The van der Waals surface area contributed by atoms with Gasteiger partial charge in [0.2, 0.25) is 0 Å². The van der Waals surface area contributed by atoms with Crippen molar-refractivity contribution in [1.29, 1.82) is 0 Å². The highest BCUT2D eigenvalue weighted by molar-refractivity contribution is 5.81. The maximum atomic E-state index is 12.1. The van der Waals surface area contributed by atoms with Crippen molar-refractivity contribution in [3.63, 3.8) is 0 Å². The van der Waals surface area contributed by atoms with Crippen LogP contribution in [0.2, 0.25) is 0 Å². The van der Waals surface area contributed by atoms with Crippen LogP contribution in [0, 0.1) is 11.3 Å². The molecule has 5 heteroatoms. The van der Waals surface area contributed by atoms with E-state index in [9.17, 15) is 14.7 Å². The van der Waals surface area contributed by atoms with Gasteiger partial charge in [-0.15, -0.1) is 0 Å². The molecule has 1 heterocycles. The molecule has 154 valence electrons. The first-order chi connectivity index (χ1) is 12.7. The normalized spacial score (nSPS) is 34.4. The van der Waals surface area contributed by atoms with Gasteiger partial charge in [-0.05, 0) is 65.8 Å². The molecule has 3 rings (SSSR count). The number of piperidine rings is 1. The molecular formula is C22H37NO4. The minimum atomic E-state index is -0.745. The summed E-state index contributed by atoms with van der Waals surface area (Å²) >= 11 is 0. The van der Waals surface area contributed by atoms with E-state index >= 15 is 0 Å². The van der Waals surface area contributed by atoms with Crippen LogP contribution in [0.15, 0.2) is 11.6 Å². The predicted molar refractivity (Wildman–Crippen MR) is 106 cm³/mol. The second kappa shape index (κ2) is 8.87. The number of esters is 1. The van der Waals surface area contributed by atoms with Gasteiger partial charge in [-0.1, -0.05) is 11.6 Å². The van der Waals surface area contributed by atoms with E-state index in [0.717, 1.165) is 25.4 Å². The van der Waals surface area contributed by atoms with Gasteiger partial charge >= 0.3 is 5.97 Å². The fourth-order valence-corrected chi connectivity index (χ4v) is 4.93. The quantitative estimate of drug-likeness (QED) is 0.598. The summed E-state index contributed by atoms with van der Waals surface area (Å²) in [5.74, 6) is 0.956. The lowest BCUT2D eigenvalue weighted by atomic mass is 9.53. The number of carbonyl (C=O) groups is 2. The van der Waals surface area contributed by atoms with E-state index in [2.05, 4.69) is 29.6 Å². The number of allylic oxidation sites excluding steroid dienone is 1. The van der Waals surface area contributed by atoms with E-state index in [-0.39, 0.29) is 17.4 Å². The van der Waals surface area contributed by atoms with Crippen LogP contribution in [0.5, 0.6) is 0 Å². The molecule has 0 aromatic carbocycles. The number of fused-ring (bicyclic) bond motifs is 1. The summed E-state index contributed by atoms with van der Waals surface area (Å²) in [5.41, 5.74) is 0.136. The van der Waals surface area contributed by atoms with E-state index < -0.39 is 5.60 Å². The van der Waals surface area contributed by atoms with Crippen LogP contribution in [0.1, 0.15) is 73.1 Å². The molecule has 0 bridgehead atoms. The molecule has 2 aliphatic carbocycles. The van der Waals surface area contributed by atoms with Crippen LogP contribution < -0.4 is 0 Å². The summed E-state index contributed by atoms with van der Waals surface area (Å²) in [7, 11) is 0. The Balaban J connectivity index is 0.000000380. The fraction of sp³-hybridized carbons (Fsp3) is 0.818. The molecule has 1 N–H and O–H groups in total. The number of aliphatic hydroxyl groups is 1. The summed E-state index contributed by atoms with van der Waals surface area (Å²) in [4.78, 5) is 24.4. The molecule has 0 spiro atoms. The molecule has 0 amide bonds. The van der Waals surface area contributed by atoms with Crippen LogP contribution in [-0.2, 0) is 14.3 Å². The van der Waals surface area contributed by atoms with Crippen molar-refractivity contribution in [1.82, 2.24) is 4.90 Å². The van der Waals surface area contributed by atoms with Gasteiger partial charge < -0.3 is 9.84 Å². The first-order valence-electron chi connectivity index (χ1n) is 10.4.